The molecule has 4 aromatic carbocycles. The van der Waals surface area contributed by atoms with Gasteiger partial charge in [0, 0.05) is 25.8 Å². The van der Waals surface area contributed by atoms with E-state index in [2.05, 4.69) is 81.3 Å². The van der Waals surface area contributed by atoms with E-state index in [4.69, 9.17) is 24.2 Å². The molecule has 2 aromatic heterocycles. The molecule has 6 aromatic rings. The Morgan fingerprint density at radius 2 is 1.16 bits per heavy atom. The molecule has 4 amide bonds. The van der Waals surface area contributed by atoms with Crippen LogP contribution in [0.2, 0.25) is 0 Å². The molecule has 2 aliphatic rings. The minimum Gasteiger partial charge on any atom is -0.453 e. The minimum absolute atomic E-state index is 0.214. The number of H-pyrrole nitrogens is 2. The van der Waals surface area contributed by atoms with Crippen molar-refractivity contribution in [1.82, 2.24) is 40.4 Å². The number of carbonyl (C=O) groups is 4. The van der Waals surface area contributed by atoms with E-state index in [1.54, 1.807) is 29.1 Å². The number of hydrogen-bond acceptors (Lipinski definition) is 9. The van der Waals surface area contributed by atoms with E-state index in [0.29, 0.717) is 30.3 Å². The van der Waals surface area contributed by atoms with E-state index in [9.17, 15) is 19.2 Å². The van der Waals surface area contributed by atoms with Crippen LogP contribution in [0.4, 0.5) is 9.59 Å². The van der Waals surface area contributed by atoms with E-state index in [0.717, 1.165) is 70.1 Å². The summed E-state index contributed by atoms with van der Waals surface area (Å²) in [6.45, 7) is 2.83. The highest BCUT2D eigenvalue weighted by molar-refractivity contribution is 5.91. The standard InChI is InChI=1S/C47H50N8O7/c1-28(60-2)40(52-46(58)61-3)44(56)54-22-8-12-38(54)43-49-27-37(51-43)35-21-20-33-24-32(18-19-34(33)25-35)29-14-16-30(17-15-29)36-26-48-42(50-36)39-13-9-23-55(39)45(57)41(53-47(59)62-4)31-10-6-5-7-11-31/h5-7,10-11,14-21,24-28,38-41H,8-9,12-13,22-23H2,1-4H3,(H,48,50)(H,49,51)(H,52,58)(H,53,59)/t28-,38+,39+,40?,41-/m1/s1. The molecule has 15 nitrogen and oxygen atoms in total. The molecule has 320 valence electrons. The Balaban J connectivity index is 0.942. The number of fused-ring (bicyclic) bond motifs is 1. The van der Waals surface area contributed by atoms with Crippen molar-refractivity contribution in [3.05, 3.63) is 121 Å². The first-order chi connectivity index (χ1) is 30.1. The lowest BCUT2D eigenvalue weighted by atomic mass is 9.98. The van der Waals surface area contributed by atoms with E-state index in [1.165, 1.54) is 21.3 Å². The number of alkyl carbamates (subject to hydrolysis) is 2. The van der Waals surface area contributed by atoms with Crippen LogP contribution in [-0.2, 0) is 23.8 Å². The number of nitrogens with one attached hydrogen (secondary N) is 4. The van der Waals surface area contributed by atoms with Crippen LogP contribution in [0.25, 0.3) is 44.4 Å². The zero-order chi connectivity index (χ0) is 43.3. The van der Waals surface area contributed by atoms with Crippen LogP contribution in [0.1, 0.15) is 67.9 Å². The summed E-state index contributed by atoms with van der Waals surface area (Å²) in [5, 5.41) is 7.50. The highest BCUT2D eigenvalue weighted by Crippen LogP contribution is 2.36. The molecule has 4 heterocycles. The van der Waals surface area contributed by atoms with Gasteiger partial charge in [-0.05, 0) is 77.8 Å². The number of rotatable bonds is 12. The fraction of sp³-hybridized carbons (Fsp3) is 0.319. The molecule has 0 spiro atoms. The molecule has 2 saturated heterocycles. The smallest absolute Gasteiger partial charge is 0.407 e. The Labute approximate surface area is 359 Å². The fourth-order valence-corrected chi connectivity index (χ4v) is 8.53. The third-order valence-corrected chi connectivity index (χ3v) is 12.0. The number of ether oxygens (including phenoxy) is 3. The normalized spacial score (nSPS) is 17.7. The molecule has 1 unspecified atom stereocenters. The molecule has 62 heavy (non-hydrogen) atoms. The molecule has 0 saturated carbocycles. The maximum Gasteiger partial charge on any atom is 0.407 e. The van der Waals surface area contributed by atoms with Crippen molar-refractivity contribution in [2.24, 2.45) is 0 Å². The number of aromatic amines is 2. The number of carbonyl (C=O) groups excluding carboxylic acids is 4. The highest BCUT2D eigenvalue weighted by Gasteiger charge is 2.39. The lowest BCUT2D eigenvalue weighted by Crippen LogP contribution is -2.54. The Hall–Kier alpha value is -7.00. The number of amides is 4. The molecule has 0 aliphatic carbocycles. The topological polar surface area (TPSA) is 184 Å². The van der Waals surface area contributed by atoms with Crippen LogP contribution in [0, 0.1) is 0 Å². The van der Waals surface area contributed by atoms with Gasteiger partial charge >= 0.3 is 12.2 Å². The second kappa shape index (κ2) is 18.3. The molecule has 2 fully saturated rings. The fourth-order valence-electron chi connectivity index (χ4n) is 8.53. The molecule has 15 heteroatoms. The van der Waals surface area contributed by atoms with E-state index < -0.39 is 30.4 Å². The zero-order valence-electron chi connectivity index (χ0n) is 35.1. The lowest BCUT2D eigenvalue weighted by Gasteiger charge is -2.30. The monoisotopic (exact) mass is 838 g/mol. The van der Waals surface area contributed by atoms with Gasteiger partial charge in [-0.1, -0.05) is 78.9 Å². The minimum atomic E-state index is -0.900. The Morgan fingerprint density at radius 3 is 1.76 bits per heavy atom. The van der Waals surface area contributed by atoms with Crippen LogP contribution >= 0.6 is 0 Å². The summed E-state index contributed by atoms with van der Waals surface area (Å²) in [7, 11) is 4.04. The molecule has 5 atom stereocenters. The van der Waals surface area contributed by atoms with Gasteiger partial charge in [0.15, 0.2) is 0 Å². The maximum absolute atomic E-state index is 13.9. The van der Waals surface area contributed by atoms with Gasteiger partial charge in [0.2, 0.25) is 5.91 Å². The van der Waals surface area contributed by atoms with Gasteiger partial charge in [-0.15, -0.1) is 0 Å². The van der Waals surface area contributed by atoms with Crippen LogP contribution in [-0.4, -0.2) is 100 Å². The number of methoxy groups -OCH3 is 3. The third-order valence-electron chi connectivity index (χ3n) is 12.0. The Morgan fingerprint density at radius 1 is 0.645 bits per heavy atom. The highest BCUT2D eigenvalue weighted by atomic mass is 16.5. The van der Waals surface area contributed by atoms with E-state index in [-0.39, 0.29) is 23.9 Å². The Bertz CT molecular complexity index is 2560. The molecule has 0 radical (unpaired) electrons. The number of hydrogen-bond donors (Lipinski definition) is 4. The van der Waals surface area contributed by atoms with Crippen molar-refractivity contribution < 1.29 is 33.4 Å². The number of imidazole rings is 2. The first-order valence-electron chi connectivity index (χ1n) is 20.8. The SMILES string of the molecule is COC(=O)NC(C(=O)N1CCC[C@H]1c1ncc(-c2ccc3cc(-c4ccc(-c5cnc([C@@H]6CCCN6C(=O)[C@H](NC(=O)OC)c6ccccc6)[nH]5)cc4)ccc3c2)[nH]1)[C@@H](C)OC. The largest absolute Gasteiger partial charge is 0.453 e. The first-order valence-corrected chi connectivity index (χ1v) is 20.8. The summed E-state index contributed by atoms with van der Waals surface area (Å²) in [6.07, 6.45) is 4.79. The first kappa shape index (κ1) is 41.7. The second-order valence-electron chi connectivity index (χ2n) is 15.6. The maximum atomic E-state index is 13.9. The molecule has 4 N–H and O–H groups in total. The van der Waals surface area contributed by atoms with E-state index >= 15 is 0 Å². The van der Waals surface area contributed by atoms with Crippen molar-refractivity contribution >= 4 is 34.8 Å². The van der Waals surface area contributed by atoms with Gasteiger partial charge in [0.1, 0.15) is 23.7 Å². The van der Waals surface area contributed by atoms with Crippen molar-refractivity contribution in [2.45, 2.75) is 62.9 Å². The summed E-state index contributed by atoms with van der Waals surface area (Å²) >= 11 is 0. The number of nitrogens with zero attached hydrogens (tertiary/aromatic N) is 4. The lowest BCUT2D eigenvalue weighted by molar-refractivity contribution is -0.137. The molecule has 8 rings (SSSR count). The molecular formula is C47H50N8O7. The summed E-state index contributed by atoms with van der Waals surface area (Å²) < 4.78 is 15.0. The van der Waals surface area contributed by atoms with E-state index in [1.807, 2.05) is 30.3 Å². The van der Waals surface area contributed by atoms with Crippen LogP contribution in [0.3, 0.4) is 0 Å². The summed E-state index contributed by atoms with van der Waals surface area (Å²) in [5.41, 5.74) is 6.45. The molecule has 0 bridgehead atoms. The van der Waals surface area contributed by atoms with Gasteiger partial charge in [-0.25, -0.2) is 19.6 Å². The summed E-state index contributed by atoms with van der Waals surface area (Å²) in [6, 6.07) is 27.8. The second-order valence-corrected chi connectivity index (χ2v) is 15.6. The van der Waals surface area contributed by atoms with Crippen LogP contribution in [0.5, 0.6) is 0 Å². The quantitative estimate of drug-likeness (QED) is 0.0971. The third kappa shape index (κ3) is 8.61. The summed E-state index contributed by atoms with van der Waals surface area (Å²) in [5.74, 6) is 0.930. The van der Waals surface area contributed by atoms with Gasteiger partial charge in [0.05, 0.1) is 56.2 Å². The van der Waals surface area contributed by atoms with Gasteiger partial charge in [0.25, 0.3) is 5.91 Å². The van der Waals surface area contributed by atoms with Crippen molar-refractivity contribution in [3.63, 3.8) is 0 Å². The average molecular weight is 839 g/mol. The van der Waals surface area contributed by atoms with Crippen LogP contribution < -0.4 is 10.6 Å². The number of benzene rings is 4. The van der Waals surface area contributed by atoms with Crippen molar-refractivity contribution in [2.75, 3.05) is 34.4 Å². The number of likely N-dealkylation sites (tertiary alicyclic amines) is 2. The van der Waals surface area contributed by atoms with Crippen LogP contribution in [0.15, 0.2) is 103 Å². The number of aromatic nitrogens is 4. The molecule has 2 aliphatic heterocycles. The van der Waals surface area contributed by atoms with Gasteiger partial charge in [-0.3, -0.25) is 9.59 Å². The van der Waals surface area contributed by atoms with Gasteiger partial charge < -0.3 is 44.6 Å². The predicted molar refractivity (Wildman–Crippen MR) is 232 cm³/mol. The Kier molecular flexibility index (Phi) is 12.3. The average Bonchev–Trinajstić information content (AvgIpc) is 4.17. The summed E-state index contributed by atoms with van der Waals surface area (Å²) in [4.78, 5) is 71.8. The zero-order valence-corrected chi connectivity index (χ0v) is 35.1. The van der Waals surface area contributed by atoms with Crippen molar-refractivity contribution in [3.8, 4) is 33.6 Å². The van der Waals surface area contributed by atoms with Gasteiger partial charge in [-0.2, -0.15) is 0 Å². The predicted octanol–water partition coefficient (Wildman–Crippen LogP) is 7.47. The molecular weight excluding hydrogens is 789 g/mol. The van der Waals surface area contributed by atoms with Crippen molar-refractivity contribution in [1.29, 1.82) is 0 Å².